The third kappa shape index (κ3) is 3.03. The number of nitrogens with two attached hydrogens (primary N) is 1. The first kappa shape index (κ1) is 18.2. The standard InChI is InChI=1S/C22H24N6/c1-15(2)18-5-3-14-28-20(18)26-27-21(28)22(10-11-22)17-8-6-16(7-9-17)19(24)25-13-4-12-23/h3,5-9,14-15H,4,10-11,13H2,1-2H3,(H2,24,25). The highest BCUT2D eigenvalue weighted by Crippen LogP contribution is 2.52. The molecule has 28 heavy (non-hydrogen) atoms. The van der Waals surface area contributed by atoms with E-state index >= 15 is 0 Å². The molecule has 0 amide bonds. The molecule has 0 bridgehead atoms. The maximum Gasteiger partial charge on any atom is 0.164 e. The second kappa shape index (κ2) is 7.08. The molecular weight excluding hydrogens is 348 g/mol. The molecule has 2 aromatic heterocycles. The van der Waals surface area contributed by atoms with Crippen molar-refractivity contribution < 1.29 is 0 Å². The van der Waals surface area contributed by atoms with Crippen molar-refractivity contribution in [2.45, 2.75) is 44.4 Å². The van der Waals surface area contributed by atoms with Gasteiger partial charge in [0, 0.05) is 11.8 Å². The van der Waals surface area contributed by atoms with Crippen LogP contribution >= 0.6 is 0 Å². The van der Waals surface area contributed by atoms with Gasteiger partial charge in [-0.25, -0.2) is 0 Å². The summed E-state index contributed by atoms with van der Waals surface area (Å²) in [7, 11) is 0. The molecule has 6 heteroatoms. The number of pyridine rings is 1. The quantitative estimate of drug-likeness (QED) is 0.407. The van der Waals surface area contributed by atoms with Crippen molar-refractivity contribution in [1.82, 2.24) is 14.6 Å². The molecule has 0 saturated heterocycles. The highest BCUT2D eigenvalue weighted by Gasteiger charge is 2.49. The van der Waals surface area contributed by atoms with Gasteiger partial charge in [0.1, 0.15) is 11.7 Å². The molecule has 1 saturated carbocycles. The molecule has 1 aliphatic carbocycles. The Bertz CT molecular complexity index is 1060. The lowest BCUT2D eigenvalue weighted by Crippen LogP contribution is -2.16. The normalized spacial score (nSPS) is 15.7. The van der Waals surface area contributed by atoms with Crippen LogP contribution in [-0.4, -0.2) is 27.0 Å². The second-order valence-corrected chi connectivity index (χ2v) is 7.67. The van der Waals surface area contributed by atoms with E-state index < -0.39 is 0 Å². The molecule has 4 rings (SSSR count). The summed E-state index contributed by atoms with van der Waals surface area (Å²) in [6.07, 6.45) is 4.56. The molecule has 2 heterocycles. The number of rotatable bonds is 6. The molecule has 6 nitrogen and oxygen atoms in total. The fraction of sp³-hybridized carbons (Fsp3) is 0.364. The van der Waals surface area contributed by atoms with Gasteiger partial charge in [-0.3, -0.25) is 9.39 Å². The first-order valence-electron chi connectivity index (χ1n) is 9.69. The third-order valence-electron chi connectivity index (χ3n) is 5.50. The van der Waals surface area contributed by atoms with Crippen molar-refractivity contribution in [2.75, 3.05) is 6.54 Å². The van der Waals surface area contributed by atoms with Gasteiger partial charge in [0.15, 0.2) is 5.65 Å². The number of amidine groups is 1. The largest absolute Gasteiger partial charge is 0.384 e. The van der Waals surface area contributed by atoms with E-state index in [-0.39, 0.29) is 5.41 Å². The molecule has 3 aromatic rings. The summed E-state index contributed by atoms with van der Waals surface area (Å²) >= 11 is 0. The van der Waals surface area contributed by atoms with Gasteiger partial charge in [0.25, 0.3) is 0 Å². The minimum absolute atomic E-state index is 0.0831. The van der Waals surface area contributed by atoms with Crippen LogP contribution in [0.2, 0.25) is 0 Å². The van der Waals surface area contributed by atoms with Gasteiger partial charge in [0.05, 0.1) is 24.4 Å². The minimum atomic E-state index is -0.0831. The van der Waals surface area contributed by atoms with Crippen molar-refractivity contribution in [2.24, 2.45) is 10.7 Å². The van der Waals surface area contributed by atoms with E-state index in [9.17, 15) is 0 Å². The lowest BCUT2D eigenvalue weighted by Gasteiger charge is -2.15. The Hall–Kier alpha value is -3.20. The zero-order valence-corrected chi connectivity index (χ0v) is 16.3. The fourth-order valence-electron chi connectivity index (χ4n) is 3.76. The Morgan fingerprint density at radius 1 is 1.25 bits per heavy atom. The number of nitrogens with zero attached hydrogens (tertiary/aromatic N) is 5. The van der Waals surface area contributed by atoms with Crippen LogP contribution < -0.4 is 5.73 Å². The van der Waals surface area contributed by atoms with Crippen LogP contribution in [0.15, 0.2) is 47.6 Å². The van der Waals surface area contributed by atoms with Gasteiger partial charge in [-0.05, 0) is 36.0 Å². The first-order chi connectivity index (χ1) is 13.6. The molecule has 0 spiro atoms. The van der Waals surface area contributed by atoms with Gasteiger partial charge in [-0.2, -0.15) is 5.26 Å². The summed E-state index contributed by atoms with van der Waals surface area (Å²) in [4.78, 5) is 4.25. The molecular formula is C22H24N6. The van der Waals surface area contributed by atoms with E-state index in [1.165, 1.54) is 11.1 Å². The number of hydrogen-bond acceptors (Lipinski definition) is 4. The monoisotopic (exact) mass is 372 g/mol. The van der Waals surface area contributed by atoms with Crippen LogP contribution in [0.3, 0.4) is 0 Å². The number of benzene rings is 1. The molecule has 0 atom stereocenters. The summed E-state index contributed by atoms with van der Waals surface area (Å²) in [6, 6.07) is 14.5. The van der Waals surface area contributed by atoms with Crippen LogP contribution in [0.1, 0.15) is 61.5 Å². The summed E-state index contributed by atoms with van der Waals surface area (Å²) in [5, 5.41) is 17.7. The van der Waals surface area contributed by atoms with Gasteiger partial charge >= 0.3 is 0 Å². The summed E-state index contributed by atoms with van der Waals surface area (Å²) in [5.74, 6) is 1.88. The average Bonchev–Trinajstić information content (AvgIpc) is 3.39. The number of fused-ring (bicyclic) bond motifs is 1. The van der Waals surface area contributed by atoms with Crippen LogP contribution in [0.5, 0.6) is 0 Å². The predicted octanol–water partition coefficient (Wildman–Crippen LogP) is 3.55. The smallest absolute Gasteiger partial charge is 0.164 e. The van der Waals surface area contributed by atoms with Crippen molar-refractivity contribution in [3.8, 4) is 6.07 Å². The van der Waals surface area contributed by atoms with Crippen LogP contribution in [0.4, 0.5) is 0 Å². The number of hydrogen-bond donors (Lipinski definition) is 1. The van der Waals surface area contributed by atoms with Crippen molar-refractivity contribution in [1.29, 1.82) is 5.26 Å². The zero-order chi connectivity index (χ0) is 19.7. The Labute approximate surface area is 164 Å². The third-order valence-corrected chi connectivity index (χ3v) is 5.50. The Balaban J connectivity index is 1.67. The molecule has 1 fully saturated rings. The number of aromatic nitrogens is 3. The highest BCUT2D eigenvalue weighted by atomic mass is 15.3. The molecule has 2 N–H and O–H groups in total. The van der Waals surface area contributed by atoms with Crippen LogP contribution in [-0.2, 0) is 5.41 Å². The Kier molecular flexibility index (Phi) is 4.60. The minimum Gasteiger partial charge on any atom is -0.384 e. The first-order valence-corrected chi connectivity index (χ1v) is 9.69. The van der Waals surface area contributed by atoms with Gasteiger partial charge in [0.2, 0.25) is 0 Å². The summed E-state index contributed by atoms with van der Waals surface area (Å²) in [5.41, 5.74) is 10.2. The second-order valence-electron chi connectivity index (χ2n) is 7.67. The van der Waals surface area contributed by atoms with E-state index in [0.717, 1.165) is 29.9 Å². The SMILES string of the molecule is CC(C)c1cccn2c(C3(c4ccc(C(N)=NCCC#N)cc4)CC3)nnc12. The average molecular weight is 372 g/mol. The topological polar surface area (TPSA) is 92.4 Å². The lowest BCUT2D eigenvalue weighted by molar-refractivity contribution is 0.739. The van der Waals surface area contributed by atoms with E-state index in [4.69, 9.17) is 11.0 Å². The van der Waals surface area contributed by atoms with Gasteiger partial charge < -0.3 is 5.73 Å². The molecule has 0 aliphatic heterocycles. The van der Waals surface area contributed by atoms with Crippen molar-refractivity contribution in [3.05, 3.63) is 65.1 Å². The van der Waals surface area contributed by atoms with E-state index in [0.29, 0.717) is 24.7 Å². The van der Waals surface area contributed by atoms with Crippen molar-refractivity contribution in [3.63, 3.8) is 0 Å². The number of aliphatic imine (C=N–C) groups is 1. The number of nitriles is 1. The predicted molar refractivity (Wildman–Crippen MR) is 109 cm³/mol. The Morgan fingerprint density at radius 3 is 2.64 bits per heavy atom. The van der Waals surface area contributed by atoms with Crippen molar-refractivity contribution >= 4 is 11.5 Å². The fourth-order valence-corrected chi connectivity index (χ4v) is 3.76. The Morgan fingerprint density at radius 2 is 2.00 bits per heavy atom. The molecule has 142 valence electrons. The maximum absolute atomic E-state index is 8.62. The van der Waals surface area contributed by atoms with E-state index in [2.05, 4.69) is 70.0 Å². The van der Waals surface area contributed by atoms with Gasteiger partial charge in [-0.1, -0.05) is 44.2 Å². The summed E-state index contributed by atoms with van der Waals surface area (Å²) < 4.78 is 2.15. The van der Waals surface area contributed by atoms with Crippen LogP contribution in [0, 0.1) is 11.3 Å². The van der Waals surface area contributed by atoms with Gasteiger partial charge in [-0.15, -0.1) is 10.2 Å². The zero-order valence-electron chi connectivity index (χ0n) is 16.3. The summed E-state index contributed by atoms with van der Waals surface area (Å²) in [6.45, 7) is 4.79. The van der Waals surface area contributed by atoms with E-state index in [1.807, 2.05) is 12.1 Å². The lowest BCUT2D eigenvalue weighted by atomic mass is 9.94. The highest BCUT2D eigenvalue weighted by molar-refractivity contribution is 5.97. The molecule has 1 aromatic carbocycles. The molecule has 0 unspecified atom stereocenters. The molecule has 0 radical (unpaired) electrons. The van der Waals surface area contributed by atoms with E-state index in [1.54, 1.807) is 0 Å². The maximum atomic E-state index is 8.62. The van der Waals surface area contributed by atoms with Crippen LogP contribution in [0.25, 0.3) is 5.65 Å². The molecule has 1 aliphatic rings.